The Morgan fingerprint density at radius 1 is 1.03 bits per heavy atom. The molecule has 9 nitrogen and oxygen atoms in total. The SMILES string of the molecule is COC(=O)c1ccc(N2CCOCC2)c(NC(=S)NC(=O)c2ccc3c(c2)OCO3)c1. The van der Waals surface area contributed by atoms with Crippen LogP contribution in [0.5, 0.6) is 11.5 Å². The number of carbonyl (C=O) groups is 2. The molecule has 2 aliphatic rings. The predicted octanol–water partition coefficient (Wildman–Crippen LogP) is 2.17. The summed E-state index contributed by atoms with van der Waals surface area (Å²) in [6, 6.07) is 10.1. The zero-order valence-corrected chi connectivity index (χ0v) is 17.6. The van der Waals surface area contributed by atoms with Gasteiger partial charge < -0.3 is 29.2 Å². The van der Waals surface area contributed by atoms with Crippen LogP contribution in [-0.4, -0.2) is 57.2 Å². The summed E-state index contributed by atoms with van der Waals surface area (Å²) in [5, 5.41) is 5.78. The summed E-state index contributed by atoms with van der Waals surface area (Å²) in [7, 11) is 1.32. The number of amides is 1. The number of thiocarbonyl (C=S) groups is 1. The van der Waals surface area contributed by atoms with Crippen molar-refractivity contribution in [2.24, 2.45) is 0 Å². The van der Waals surface area contributed by atoms with Gasteiger partial charge in [-0.2, -0.15) is 0 Å². The molecule has 1 amide bonds. The number of nitrogens with one attached hydrogen (secondary N) is 2. The Morgan fingerprint density at radius 3 is 2.55 bits per heavy atom. The molecule has 2 aromatic rings. The standard InChI is InChI=1S/C21H21N3O6S/c1-27-20(26)14-2-4-16(24-6-8-28-9-7-24)15(10-14)22-21(31)23-19(25)13-3-5-17-18(11-13)30-12-29-17/h2-5,10-11H,6-9,12H2,1H3,(H2,22,23,25,31). The normalized spacial score (nSPS) is 14.7. The van der Waals surface area contributed by atoms with Crippen LogP contribution in [0.2, 0.25) is 0 Å². The van der Waals surface area contributed by atoms with Crippen molar-refractivity contribution in [2.75, 3.05) is 50.4 Å². The number of fused-ring (bicyclic) bond motifs is 1. The Morgan fingerprint density at radius 2 is 1.77 bits per heavy atom. The van der Waals surface area contributed by atoms with Crippen LogP contribution in [0, 0.1) is 0 Å². The number of nitrogens with zero attached hydrogens (tertiary/aromatic N) is 1. The quantitative estimate of drug-likeness (QED) is 0.544. The molecule has 10 heteroatoms. The van der Waals surface area contributed by atoms with Crippen molar-refractivity contribution in [1.29, 1.82) is 0 Å². The molecule has 0 bridgehead atoms. The van der Waals surface area contributed by atoms with Crippen molar-refractivity contribution in [3.05, 3.63) is 47.5 Å². The highest BCUT2D eigenvalue weighted by Crippen LogP contribution is 2.32. The van der Waals surface area contributed by atoms with E-state index in [2.05, 4.69) is 15.5 Å². The van der Waals surface area contributed by atoms with Crippen molar-refractivity contribution in [2.45, 2.75) is 0 Å². The first-order valence-electron chi connectivity index (χ1n) is 9.62. The molecule has 2 aromatic carbocycles. The summed E-state index contributed by atoms with van der Waals surface area (Å²) in [5.74, 6) is 0.235. The van der Waals surface area contributed by atoms with Gasteiger partial charge in [0.05, 0.1) is 37.3 Å². The van der Waals surface area contributed by atoms with Crippen LogP contribution in [0.1, 0.15) is 20.7 Å². The van der Waals surface area contributed by atoms with E-state index in [4.69, 9.17) is 31.2 Å². The third-order valence-corrected chi connectivity index (χ3v) is 5.08. The number of rotatable bonds is 4. The monoisotopic (exact) mass is 443 g/mol. The molecule has 0 aromatic heterocycles. The molecule has 0 unspecified atom stereocenters. The largest absolute Gasteiger partial charge is 0.465 e. The van der Waals surface area contributed by atoms with Gasteiger partial charge in [-0.15, -0.1) is 0 Å². The van der Waals surface area contributed by atoms with Crippen molar-refractivity contribution in [3.8, 4) is 11.5 Å². The summed E-state index contributed by atoms with van der Waals surface area (Å²) >= 11 is 5.35. The maximum atomic E-state index is 12.6. The Labute approximate surface area is 184 Å². The smallest absolute Gasteiger partial charge is 0.337 e. The molecule has 0 atom stereocenters. The van der Waals surface area contributed by atoms with Crippen LogP contribution in [0.15, 0.2) is 36.4 Å². The van der Waals surface area contributed by atoms with Crippen molar-refractivity contribution in [3.63, 3.8) is 0 Å². The fraction of sp³-hybridized carbons (Fsp3) is 0.286. The average molecular weight is 443 g/mol. The number of ether oxygens (including phenoxy) is 4. The van der Waals surface area contributed by atoms with Crippen LogP contribution < -0.4 is 25.0 Å². The second kappa shape index (κ2) is 9.19. The fourth-order valence-corrected chi connectivity index (χ4v) is 3.53. The lowest BCUT2D eigenvalue weighted by Gasteiger charge is -2.31. The summed E-state index contributed by atoms with van der Waals surface area (Å²) in [4.78, 5) is 26.7. The second-order valence-corrected chi connectivity index (χ2v) is 7.21. The van der Waals surface area contributed by atoms with Crippen LogP contribution in [0.25, 0.3) is 0 Å². The molecule has 0 radical (unpaired) electrons. The molecule has 0 saturated carbocycles. The number of carbonyl (C=O) groups excluding carboxylic acids is 2. The van der Waals surface area contributed by atoms with Gasteiger partial charge in [0.15, 0.2) is 16.6 Å². The summed E-state index contributed by atoms with van der Waals surface area (Å²) < 4.78 is 20.8. The van der Waals surface area contributed by atoms with Crippen LogP contribution in [0.4, 0.5) is 11.4 Å². The molecule has 1 saturated heterocycles. The lowest BCUT2D eigenvalue weighted by atomic mass is 10.1. The molecule has 31 heavy (non-hydrogen) atoms. The van der Waals surface area contributed by atoms with Crippen molar-refractivity contribution in [1.82, 2.24) is 5.32 Å². The zero-order valence-electron chi connectivity index (χ0n) is 16.8. The van der Waals surface area contributed by atoms with Crippen molar-refractivity contribution < 1.29 is 28.5 Å². The Bertz CT molecular complexity index is 1020. The first-order valence-corrected chi connectivity index (χ1v) is 10.0. The minimum atomic E-state index is -0.466. The molecule has 0 aliphatic carbocycles. The topological polar surface area (TPSA) is 98.4 Å². The van der Waals surface area contributed by atoms with E-state index in [1.54, 1.807) is 30.3 Å². The lowest BCUT2D eigenvalue weighted by molar-refractivity contribution is 0.0600. The number of anilines is 2. The third kappa shape index (κ3) is 4.70. The van der Waals surface area contributed by atoms with Gasteiger partial charge in [-0.1, -0.05) is 0 Å². The number of benzene rings is 2. The molecule has 2 N–H and O–H groups in total. The number of methoxy groups -OCH3 is 1. The first kappa shape index (κ1) is 20.9. The van der Waals surface area contributed by atoms with Gasteiger partial charge in [-0.3, -0.25) is 10.1 Å². The van der Waals surface area contributed by atoms with Gasteiger partial charge in [0.1, 0.15) is 0 Å². The number of hydrogen-bond acceptors (Lipinski definition) is 8. The highest BCUT2D eigenvalue weighted by atomic mass is 32.1. The lowest BCUT2D eigenvalue weighted by Crippen LogP contribution is -2.38. The van der Waals surface area contributed by atoms with Gasteiger partial charge in [-0.05, 0) is 48.6 Å². The maximum absolute atomic E-state index is 12.6. The van der Waals surface area contributed by atoms with Gasteiger partial charge >= 0.3 is 5.97 Å². The average Bonchev–Trinajstić information content (AvgIpc) is 3.27. The fourth-order valence-electron chi connectivity index (χ4n) is 3.33. The van der Waals surface area contributed by atoms with Crippen molar-refractivity contribution >= 4 is 40.6 Å². The zero-order chi connectivity index (χ0) is 21.8. The maximum Gasteiger partial charge on any atom is 0.337 e. The van der Waals surface area contributed by atoms with E-state index in [1.165, 1.54) is 7.11 Å². The molecular formula is C21H21N3O6S. The van der Waals surface area contributed by atoms with E-state index in [-0.39, 0.29) is 11.9 Å². The van der Waals surface area contributed by atoms with Gasteiger partial charge in [0.25, 0.3) is 5.91 Å². The summed E-state index contributed by atoms with van der Waals surface area (Å²) in [6.45, 7) is 2.72. The van der Waals surface area contributed by atoms with Crippen LogP contribution in [-0.2, 0) is 9.47 Å². The highest BCUT2D eigenvalue weighted by Gasteiger charge is 2.20. The molecule has 1 fully saturated rings. The van der Waals surface area contributed by atoms with E-state index >= 15 is 0 Å². The molecule has 4 rings (SSSR count). The molecule has 2 heterocycles. The van der Waals surface area contributed by atoms with Crippen LogP contribution in [0.3, 0.4) is 0 Å². The van der Waals surface area contributed by atoms with E-state index in [0.29, 0.717) is 54.6 Å². The molecule has 2 aliphatic heterocycles. The Balaban J connectivity index is 1.51. The van der Waals surface area contributed by atoms with E-state index < -0.39 is 11.9 Å². The van der Waals surface area contributed by atoms with E-state index in [9.17, 15) is 9.59 Å². The third-order valence-electron chi connectivity index (χ3n) is 4.88. The Kier molecular flexibility index (Phi) is 6.19. The predicted molar refractivity (Wildman–Crippen MR) is 117 cm³/mol. The first-order chi connectivity index (χ1) is 15.0. The minimum Gasteiger partial charge on any atom is -0.465 e. The van der Waals surface area contributed by atoms with E-state index in [0.717, 1.165) is 5.69 Å². The van der Waals surface area contributed by atoms with Gasteiger partial charge in [0.2, 0.25) is 6.79 Å². The molecule has 162 valence electrons. The number of hydrogen-bond donors (Lipinski definition) is 2. The summed E-state index contributed by atoms with van der Waals surface area (Å²) in [5.41, 5.74) is 2.17. The molecular weight excluding hydrogens is 422 g/mol. The minimum absolute atomic E-state index is 0.0965. The second-order valence-electron chi connectivity index (χ2n) is 6.80. The number of esters is 1. The highest BCUT2D eigenvalue weighted by molar-refractivity contribution is 7.80. The van der Waals surface area contributed by atoms with E-state index in [1.807, 2.05) is 6.07 Å². The van der Waals surface area contributed by atoms with Crippen LogP contribution >= 0.6 is 12.2 Å². The van der Waals surface area contributed by atoms with Gasteiger partial charge in [-0.25, -0.2) is 4.79 Å². The number of morpholine rings is 1. The van der Waals surface area contributed by atoms with Gasteiger partial charge in [0, 0.05) is 18.7 Å². The summed E-state index contributed by atoms with van der Waals surface area (Å²) in [6.07, 6.45) is 0. The molecule has 0 spiro atoms. The Hall–Kier alpha value is -3.37.